The van der Waals surface area contributed by atoms with Crippen molar-refractivity contribution in [2.24, 2.45) is 0 Å². The van der Waals surface area contributed by atoms with Crippen LogP contribution in [0.25, 0.3) is 0 Å². The van der Waals surface area contributed by atoms with E-state index in [1.54, 1.807) is 0 Å². The molecule has 1 unspecified atom stereocenters. The predicted octanol–water partition coefficient (Wildman–Crippen LogP) is 1.92. The van der Waals surface area contributed by atoms with Gasteiger partial charge in [-0.25, -0.2) is 0 Å². The van der Waals surface area contributed by atoms with Crippen molar-refractivity contribution in [3.8, 4) is 0 Å². The summed E-state index contributed by atoms with van der Waals surface area (Å²) in [7, 11) is 0. The van der Waals surface area contributed by atoms with Crippen LogP contribution in [0.5, 0.6) is 0 Å². The Morgan fingerprint density at radius 2 is 2.50 bits per heavy atom. The molecule has 12 heavy (non-hydrogen) atoms. The first-order chi connectivity index (χ1) is 5.88. The van der Waals surface area contributed by atoms with Gasteiger partial charge in [-0.15, -0.1) is 0 Å². The van der Waals surface area contributed by atoms with Crippen molar-refractivity contribution in [3.63, 3.8) is 0 Å². The number of pyridine rings is 1. The predicted molar refractivity (Wildman–Crippen MR) is 52.2 cm³/mol. The second-order valence-corrected chi connectivity index (χ2v) is 3.94. The molecule has 2 nitrogen and oxygen atoms in total. The number of rotatable bonds is 1. The molecule has 2 rings (SSSR count). The lowest BCUT2D eigenvalue weighted by Gasteiger charge is -2.09. The van der Waals surface area contributed by atoms with E-state index in [9.17, 15) is 0 Å². The van der Waals surface area contributed by atoms with Gasteiger partial charge in [0.2, 0.25) is 0 Å². The van der Waals surface area contributed by atoms with E-state index < -0.39 is 0 Å². The monoisotopic (exact) mass is 226 g/mol. The van der Waals surface area contributed by atoms with Gasteiger partial charge in [-0.2, -0.15) is 0 Å². The van der Waals surface area contributed by atoms with Gasteiger partial charge in [-0.1, -0.05) is 15.9 Å². The number of aromatic nitrogens is 1. The molecule has 1 fully saturated rings. The van der Waals surface area contributed by atoms with Crippen LogP contribution in [0, 0.1) is 0 Å². The lowest BCUT2D eigenvalue weighted by atomic mass is 10.0. The highest BCUT2D eigenvalue weighted by Crippen LogP contribution is 2.27. The summed E-state index contributed by atoms with van der Waals surface area (Å²) in [5.74, 6) is 0.646. The van der Waals surface area contributed by atoms with E-state index >= 15 is 0 Å². The molecule has 1 aromatic heterocycles. The van der Waals surface area contributed by atoms with E-state index in [1.165, 1.54) is 16.5 Å². The summed E-state index contributed by atoms with van der Waals surface area (Å²) in [5, 5.41) is 3.35. The van der Waals surface area contributed by atoms with Gasteiger partial charge in [0.05, 0.1) is 0 Å². The average Bonchev–Trinajstić information content (AvgIpc) is 2.57. The number of hydrogen-bond acceptors (Lipinski definition) is 2. The zero-order valence-electron chi connectivity index (χ0n) is 6.76. The van der Waals surface area contributed by atoms with Crippen LogP contribution in [0.3, 0.4) is 0 Å². The standard InChI is InChI=1S/C9H11BrN2/c10-9-2-4-12-6-8(9)7-1-3-11-5-7/h2,4,6-7,11H,1,3,5H2. The van der Waals surface area contributed by atoms with E-state index in [0.29, 0.717) is 5.92 Å². The second-order valence-electron chi connectivity index (χ2n) is 3.09. The highest BCUT2D eigenvalue weighted by Gasteiger charge is 2.18. The van der Waals surface area contributed by atoms with Crippen molar-refractivity contribution >= 4 is 15.9 Å². The highest BCUT2D eigenvalue weighted by atomic mass is 79.9. The van der Waals surface area contributed by atoms with E-state index in [0.717, 1.165) is 13.1 Å². The van der Waals surface area contributed by atoms with E-state index in [1.807, 2.05) is 18.5 Å². The topological polar surface area (TPSA) is 24.9 Å². The van der Waals surface area contributed by atoms with Crippen LogP contribution in [0.1, 0.15) is 17.9 Å². The summed E-state index contributed by atoms with van der Waals surface area (Å²) in [6.07, 6.45) is 5.00. The number of hydrogen-bond donors (Lipinski definition) is 1. The maximum absolute atomic E-state index is 4.13. The van der Waals surface area contributed by atoms with Gasteiger partial charge < -0.3 is 5.32 Å². The summed E-state index contributed by atoms with van der Waals surface area (Å²) in [5.41, 5.74) is 1.34. The third kappa shape index (κ3) is 1.52. The molecule has 1 atom stereocenters. The fourth-order valence-corrected chi connectivity index (χ4v) is 2.15. The summed E-state index contributed by atoms with van der Waals surface area (Å²) >= 11 is 3.54. The fourth-order valence-electron chi connectivity index (χ4n) is 1.61. The van der Waals surface area contributed by atoms with Gasteiger partial charge in [0.15, 0.2) is 0 Å². The summed E-state index contributed by atoms with van der Waals surface area (Å²) in [6, 6.07) is 2.01. The summed E-state index contributed by atoms with van der Waals surface area (Å²) in [4.78, 5) is 4.13. The molecule has 1 aliphatic heterocycles. The molecular weight excluding hydrogens is 216 g/mol. The van der Waals surface area contributed by atoms with E-state index in [2.05, 4.69) is 26.2 Å². The third-order valence-electron chi connectivity index (χ3n) is 2.30. The van der Waals surface area contributed by atoms with Crippen LogP contribution in [-0.2, 0) is 0 Å². The molecule has 0 aliphatic carbocycles. The molecule has 64 valence electrons. The van der Waals surface area contributed by atoms with Crippen molar-refractivity contribution in [1.82, 2.24) is 10.3 Å². The maximum Gasteiger partial charge on any atom is 0.0314 e. The molecule has 0 bridgehead atoms. The molecule has 0 aromatic carbocycles. The highest BCUT2D eigenvalue weighted by molar-refractivity contribution is 9.10. The summed E-state index contributed by atoms with van der Waals surface area (Å²) < 4.78 is 1.19. The Kier molecular flexibility index (Phi) is 2.42. The first-order valence-corrected chi connectivity index (χ1v) is 4.97. The van der Waals surface area contributed by atoms with Gasteiger partial charge in [-0.3, -0.25) is 4.98 Å². The Balaban J connectivity index is 2.26. The van der Waals surface area contributed by atoms with Crippen LogP contribution < -0.4 is 5.32 Å². The Bertz CT molecular complexity index is 269. The minimum Gasteiger partial charge on any atom is -0.316 e. The van der Waals surface area contributed by atoms with Gasteiger partial charge >= 0.3 is 0 Å². The Labute approximate surface area is 80.5 Å². The Hall–Kier alpha value is -0.410. The van der Waals surface area contributed by atoms with E-state index in [-0.39, 0.29) is 0 Å². The lowest BCUT2D eigenvalue weighted by Crippen LogP contribution is -2.08. The Morgan fingerprint density at radius 3 is 3.17 bits per heavy atom. The molecule has 1 aromatic rings. The lowest BCUT2D eigenvalue weighted by molar-refractivity contribution is 0.755. The van der Waals surface area contributed by atoms with Crippen molar-refractivity contribution in [3.05, 3.63) is 28.5 Å². The molecule has 1 aliphatic rings. The zero-order chi connectivity index (χ0) is 8.39. The molecule has 0 amide bonds. The van der Waals surface area contributed by atoms with Gasteiger partial charge in [0.25, 0.3) is 0 Å². The van der Waals surface area contributed by atoms with Crippen LogP contribution >= 0.6 is 15.9 Å². The first-order valence-electron chi connectivity index (χ1n) is 4.18. The van der Waals surface area contributed by atoms with Crippen molar-refractivity contribution in [2.45, 2.75) is 12.3 Å². The minimum atomic E-state index is 0.646. The fraction of sp³-hybridized carbons (Fsp3) is 0.444. The quantitative estimate of drug-likeness (QED) is 0.792. The molecule has 3 heteroatoms. The minimum absolute atomic E-state index is 0.646. The number of nitrogens with one attached hydrogen (secondary N) is 1. The van der Waals surface area contributed by atoms with Gasteiger partial charge in [-0.05, 0) is 24.6 Å². The largest absolute Gasteiger partial charge is 0.316 e. The number of halogens is 1. The van der Waals surface area contributed by atoms with Gasteiger partial charge in [0.1, 0.15) is 0 Å². The molecule has 0 radical (unpaired) electrons. The normalized spacial score (nSPS) is 22.9. The molecule has 0 spiro atoms. The van der Waals surface area contributed by atoms with Crippen LogP contribution in [0.2, 0.25) is 0 Å². The van der Waals surface area contributed by atoms with Crippen molar-refractivity contribution in [1.29, 1.82) is 0 Å². The first kappa shape index (κ1) is 8.20. The smallest absolute Gasteiger partial charge is 0.0314 e. The van der Waals surface area contributed by atoms with Gasteiger partial charge in [0, 0.05) is 29.3 Å². The van der Waals surface area contributed by atoms with Crippen molar-refractivity contribution < 1.29 is 0 Å². The maximum atomic E-state index is 4.13. The average molecular weight is 227 g/mol. The molecule has 2 heterocycles. The molecule has 0 saturated carbocycles. The molecule has 1 N–H and O–H groups in total. The van der Waals surface area contributed by atoms with Crippen molar-refractivity contribution in [2.75, 3.05) is 13.1 Å². The second kappa shape index (κ2) is 3.54. The molecule has 1 saturated heterocycles. The molecular formula is C9H11BrN2. The van der Waals surface area contributed by atoms with Crippen LogP contribution in [0.4, 0.5) is 0 Å². The SMILES string of the molecule is Brc1ccncc1C1CCNC1. The van der Waals surface area contributed by atoms with Crippen LogP contribution in [0.15, 0.2) is 22.9 Å². The van der Waals surface area contributed by atoms with Crippen LogP contribution in [-0.4, -0.2) is 18.1 Å². The Morgan fingerprint density at radius 1 is 1.58 bits per heavy atom. The number of nitrogens with zero attached hydrogens (tertiary/aromatic N) is 1. The van der Waals surface area contributed by atoms with E-state index in [4.69, 9.17) is 0 Å². The zero-order valence-corrected chi connectivity index (χ0v) is 8.34. The summed E-state index contributed by atoms with van der Waals surface area (Å²) in [6.45, 7) is 2.22. The third-order valence-corrected chi connectivity index (χ3v) is 3.02.